The van der Waals surface area contributed by atoms with Gasteiger partial charge in [0.25, 0.3) is 5.56 Å². The molecule has 1 N–H and O–H groups in total. The van der Waals surface area contributed by atoms with E-state index in [2.05, 4.69) is 10.3 Å². The highest BCUT2D eigenvalue weighted by molar-refractivity contribution is 8.93. The fraction of sp³-hybridized carbons (Fsp3) is 0.500. The smallest absolute Gasteiger partial charge is 0.261 e. The third kappa shape index (κ3) is 5.79. The van der Waals surface area contributed by atoms with Crippen molar-refractivity contribution in [3.63, 3.8) is 0 Å². The van der Waals surface area contributed by atoms with Crippen LogP contribution >= 0.6 is 57.3 Å². The van der Waals surface area contributed by atoms with Gasteiger partial charge in [0, 0.05) is 24.5 Å². The molecule has 0 saturated carbocycles. The number of nitrogens with zero attached hydrogens (tertiary/aromatic N) is 2. The number of Topliss-reactive ketones (excluding diaryl/α,β-unsaturated/α-hetero) is 1. The molecule has 1 aromatic carbocycles. The zero-order valence-electron chi connectivity index (χ0n) is 15.6. The molecule has 2 aromatic rings. The fourth-order valence-corrected chi connectivity index (χ4v) is 4.22. The van der Waals surface area contributed by atoms with Gasteiger partial charge in [-0.3, -0.25) is 14.2 Å². The van der Waals surface area contributed by atoms with Crippen molar-refractivity contribution in [2.45, 2.75) is 42.8 Å². The first-order valence-corrected chi connectivity index (χ1v) is 10.1. The molecule has 1 aliphatic rings. The Kier molecular flexibility index (Phi) is 10.7. The van der Waals surface area contributed by atoms with Gasteiger partial charge < -0.3 is 10.1 Å². The Hall–Kier alpha value is -0.450. The molecule has 10 heteroatoms. The molecule has 3 rings (SSSR count). The predicted octanol–water partition coefficient (Wildman–Crippen LogP) is 3.65. The van der Waals surface area contributed by atoms with Crippen LogP contribution in [0, 0.1) is 0 Å². The van der Waals surface area contributed by atoms with E-state index in [1.54, 1.807) is 19.2 Å². The van der Waals surface area contributed by atoms with E-state index in [0.29, 0.717) is 22.3 Å². The maximum absolute atomic E-state index is 12.7. The number of benzene rings is 1. The lowest BCUT2D eigenvalue weighted by Gasteiger charge is -2.31. The van der Waals surface area contributed by atoms with Gasteiger partial charge in [-0.2, -0.15) is 0 Å². The molecule has 0 radical (unpaired) electrons. The summed E-state index contributed by atoms with van der Waals surface area (Å²) >= 11 is 7.71. The molecule has 1 saturated heterocycles. The minimum Gasteiger partial charge on any atom is -0.380 e. The summed E-state index contributed by atoms with van der Waals surface area (Å²) in [5, 5.41) is 4.27. The molecule has 0 bridgehead atoms. The SMILES string of the molecule is Br.Br.CO[C@H]1CCCN[C@@H]1CC(=O)Cn1cnc2cc(SC)c(Cl)cc2c1=O. The number of aromatic nitrogens is 2. The lowest BCUT2D eigenvalue weighted by Crippen LogP contribution is -2.47. The number of piperidine rings is 1. The molecule has 2 atom stereocenters. The first-order chi connectivity index (χ1) is 12.5. The molecular weight excluding hydrogens is 534 g/mol. The van der Waals surface area contributed by atoms with Gasteiger partial charge >= 0.3 is 0 Å². The Morgan fingerprint density at radius 2 is 2.18 bits per heavy atom. The van der Waals surface area contributed by atoms with Crippen LogP contribution in [0.1, 0.15) is 19.3 Å². The molecule has 28 heavy (non-hydrogen) atoms. The molecule has 2 heterocycles. The maximum atomic E-state index is 12.7. The summed E-state index contributed by atoms with van der Waals surface area (Å²) in [6.07, 6.45) is 5.69. The predicted molar refractivity (Wildman–Crippen MR) is 125 cm³/mol. The summed E-state index contributed by atoms with van der Waals surface area (Å²) in [5.41, 5.74) is 0.332. The minimum absolute atomic E-state index is 0. The van der Waals surface area contributed by atoms with E-state index >= 15 is 0 Å². The Morgan fingerprint density at radius 1 is 1.43 bits per heavy atom. The van der Waals surface area contributed by atoms with E-state index < -0.39 is 0 Å². The van der Waals surface area contributed by atoms with E-state index in [9.17, 15) is 9.59 Å². The van der Waals surface area contributed by atoms with Crippen molar-refractivity contribution < 1.29 is 9.53 Å². The Labute approximate surface area is 194 Å². The normalized spacial score (nSPS) is 19.0. The Balaban J connectivity index is 0.00000196. The summed E-state index contributed by atoms with van der Waals surface area (Å²) in [6.45, 7) is 0.879. The standard InChI is InChI=1S/C18H22ClN3O3S.2BrH/c1-25-16-4-3-5-20-15(16)6-11(23)9-22-10-21-14-8-17(26-2)13(19)7-12(14)18(22)24;;/h7-8,10,15-16,20H,3-6,9H2,1-2H3;2*1H/t15-,16+;;/m1../s1. The van der Waals surface area contributed by atoms with E-state index in [1.807, 2.05) is 6.26 Å². The molecule has 1 aliphatic heterocycles. The van der Waals surface area contributed by atoms with Gasteiger partial charge in [-0.05, 0) is 37.8 Å². The number of ketones is 1. The molecule has 6 nitrogen and oxygen atoms in total. The van der Waals surface area contributed by atoms with Crippen LogP contribution in [0.5, 0.6) is 0 Å². The molecule has 0 spiro atoms. The molecule has 0 amide bonds. The molecular formula is C18H24Br2ClN3O3S. The van der Waals surface area contributed by atoms with Crippen LogP contribution in [0.25, 0.3) is 10.9 Å². The Bertz CT molecular complexity index is 881. The van der Waals surface area contributed by atoms with Gasteiger partial charge in [-0.25, -0.2) is 4.98 Å². The quantitative estimate of drug-likeness (QED) is 0.547. The van der Waals surface area contributed by atoms with Gasteiger partial charge in [-0.15, -0.1) is 45.7 Å². The highest BCUT2D eigenvalue weighted by atomic mass is 79.9. The van der Waals surface area contributed by atoms with Crippen LogP contribution in [0.3, 0.4) is 0 Å². The van der Waals surface area contributed by atoms with Gasteiger partial charge in [0.05, 0.1) is 34.9 Å². The van der Waals surface area contributed by atoms with Crippen molar-refractivity contribution in [1.29, 1.82) is 0 Å². The number of rotatable bonds is 6. The number of thioether (sulfide) groups is 1. The number of hydrogen-bond acceptors (Lipinski definition) is 6. The Morgan fingerprint density at radius 3 is 2.86 bits per heavy atom. The summed E-state index contributed by atoms with van der Waals surface area (Å²) in [6, 6.07) is 3.41. The van der Waals surface area contributed by atoms with Crippen molar-refractivity contribution in [3.05, 3.63) is 33.8 Å². The number of halogens is 3. The number of methoxy groups -OCH3 is 1. The molecule has 0 unspecified atom stereocenters. The second-order valence-electron chi connectivity index (χ2n) is 6.40. The third-order valence-electron chi connectivity index (χ3n) is 4.72. The van der Waals surface area contributed by atoms with Crippen LogP contribution in [0.4, 0.5) is 0 Å². The summed E-state index contributed by atoms with van der Waals surface area (Å²) in [7, 11) is 1.67. The van der Waals surface area contributed by atoms with Crippen LogP contribution < -0.4 is 10.9 Å². The van der Waals surface area contributed by atoms with Gasteiger partial charge in [0.1, 0.15) is 0 Å². The number of nitrogens with one attached hydrogen (secondary N) is 1. The average Bonchev–Trinajstić information content (AvgIpc) is 2.64. The van der Waals surface area contributed by atoms with Gasteiger partial charge in [0.15, 0.2) is 5.78 Å². The van der Waals surface area contributed by atoms with E-state index in [1.165, 1.54) is 22.7 Å². The van der Waals surface area contributed by atoms with Crippen LogP contribution in [-0.4, -0.2) is 47.4 Å². The van der Waals surface area contributed by atoms with Crippen LogP contribution in [0.15, 0.2) is 28.2 Å². The zero-order valence-corrected chi connectivity index (χ0v) is 20.6. The van der Waals surface area contributed by atoms with Crippen molar-refractivity contribution in [3.8, 4) is 0 Å². The topological polar surface area (TPSA) is 73.2 Å². The largest absolute Gasteiger partial charge is 0.380 e. The van der Waals surface area contributed by atoms with E-state index in [-0.39, 0.29) is 64.0 Å². The zero-order chi connectivity index (χ0) is 18.7. The highest BCUT2D eigenvalue weighted by Crippen LogP contribution is 2.28. The first-order valence-electron chi connectivity index (χ1n) is 8.54. The number of carbonyl (C=O) groups is 1. The average molecular weight is 558 g/mol. The fourth-order valence-electron chi connectivity index (χ4n) is 3.34. The molecule has 1 aromatic heterocycles. The van der Waals surface area contributed by atoms with Crippen LogP contribution in [-0.2, 0) is 16.1 Å². The van der Waals surface area contributed by atoms with Crippen molar-refractivity contribution in [2.75, 3.05) is 19.9 Å². The molecule has 0 aliphatic carbocycles. The number of carbonyl (C=O) groups excluding carboxylic acids is 1. The molecule has 1 fully saturated rings. The first kappa shape index (κ1) is 25.6. The van der Waals surface area contributed by atoms with Crippen molar-refractivity contribution >= 4 is 74.0 Å². The monoisotopic (exact) mass is 555 g/mol. The second-order valence-corrected chi connectivity index (χ2v) is 7.66. The van der Waals surface area contributed by atoms with Crippen molar-refractivity contribution in [2.24, 2.45) is 0 Å². The van der Waals surface area contributed by atoms with Gasteiger partial charge in [-0.1, -0.05) is 11.6 Å². The third-order valence-corrected chi connectivity index (χ3v) is 5.92. The van der Waals surface area contributed by atoms with E-state index in [4.69, 9.17) is 16.3 Å². The summed E-state index contributed by atoms with van der Waals surface area (Å²) in [5.74, 6) is -0.0264. The van der Waals surface area contributed by atoms with E-state index in [0.717, 1.165) is 24.3 Å². The lowest BCUT2D eigenvalue weighted by molar-refractivity contribution is -0.121. The summed E-state index contributed by atoms with van der Waals surface area (Å²) in [4.78, 5) is 30.4. The number of ether oxygens (including phenoxy) is 1. The van der Waals surface area contributed by atoms with Crippen LogP contribution in [0.2, 0.25) is 5.02 Å². The number of hydrogen-bond donors (Lipinski definition) is 1. The maximum Gasteiger partial charge on any atom is 0.261 e. The minimum atomic E-state index is -0.252. The number of fused-ring (bicyclic) bond motifs is 1. The second kappa shape index (κ2) is 11.7. The molecule has 156 valence electrons. The summed E-state index contributed by atoms with van der Waals surface area (Å²) < 4.78 is 6.81. The van der Waals surface area contributed by atoms with Crippen molar-refractivity contribution in [1.82, 2.24) is 14.9 Å². The lowest BCUT2D eigenvalue weighted by atomic mass is 9.96. The van der Waals surface area contributed by atoms with Gasteiger partial charge in [0.2, 0.25) is 0 Å². The highest BCUT2D eigenvalue weighted by Gasteiger charge is 2.26.